The van der Waals surface area contributed by atoms with Gasteiger partial charge in [-0.15, -0.1) is 0 Å². The quantitative estimate of drug-likeness (QED) is 0.231. The van der Waals surface area contributed by atoms with Gasteiger partial charge in [-0.25, -0.2) is 12.8 Å². The summed E-state index contributed by atoms with van der Waals surface area (Å²) < 4.78 is 43.5. The molecule has 11 heteroatoms. The minimum absolute atomic E-state index is 0.00240. The molecule has 1 N–H and O–H groups in total. The van der Waals surface area contributed by atoms with E-state index in [1.165, 1.54) is 60.5 Å². The van der Waals surface area contributed by atoms with Crippen LogP contribution < -0.4 is 9.62 Å². The van der Waals surface area contributed by atoms with E-state index in [2.05, 4.69) is 5.32 Å². The molecule has 0 aliphatic heterocycles. The van der Waals surface area contributed by atoms with E-state index >= 15 is 0 Å². The van der Waals surface area contributed by atoms with Crippen LogP contribution in [-0.4, -0.2) is 44.8 Å². The Balaban J connectivity index is 1.81. The molecule has 4 aromatic rings. The van der Waals surface area contributed by atoms with Crippen LogP contribution in [0.1, 0.15) is 11.1 Å². The molecule has 0 radical (unpaired) electrons. The Morgan fingerprint density at radius 1 is 0.881 bits per heavy atom. The van der Waals surface area contributed by atoms with Crippen LogP contribution in [0.2, 0.25) is 10.0 Å². The third-order valence-corrected chi connectivity index (χ3v) is 8.92. The van der Waals surface area contributed by atoms with Crippen LogP contribution in [0.4, 0.5) is 10.1 Å². The van der Waals surface area contributed by atoms with Crippen molar-refractivity contribution in [3.05, 3.63) is 130 Å². The normalized spacial score (nSPS) is 11.9. The number of amides is 2. The molecular weight excluding hydrogens is 600 g/mol. The van der Waals surface area contributed by atoms with Crippen molar-refractivity contribution in [2.24, 2.45) is 0 Å². The number of carbonyl (C=O) groups excluding carboxylic acids is 2. The molecule has 0 aliphatic rings. The highest BCUT2D eigenvalue weighted by Crippen LogP contribution is 2.33. The lowest BCUT2D eigenvalue weighted by Gasteiger charge is -2.33. The number of hydrogen-bond donors (Lipinski definition) is 1. The van der Waals surface area contributed by atoms with E-state index in [4.69, 9.17) is 23.2 Å². The summed E-state index contributed by atoms with van der Waals surface area (Å²) in [5.74, 6) is -1.81. The first-order valence-electron chi connectivity index (χ1n) is 12.9. The molecule has 4 aromatic carbocycles. The smallest absolute Gasteiger partial charge is 0.264 e. The number of nitrogens with zero attached hydrogens (tertiary/aromatic N) is 2. The van der Waals surface area contributed by atoms with Crippen molar-refractivity contribution >= 4 is 50.7 Å². The van der Waals surface area contributed by atoms with Gasteiger partial charge in [0.25, 0.3) is 10.0 Å². The second kappa shape index (κ2) is 13.8. The summed E-state index contributed by atoms with van der Waals surface area (Å²) in [5.41, 5.74) is 0.936. The molecule has 0 saturated carbocycles. The highest BCUT2D eigenvalue weighted by Gasteiger charge is 2.35. The van der Waals surface area contributed by atoms with E-state index in [1.54, 1.807) is 48.5 Å². The molecule has 0 unspecified atom stereocenters. The van der Waals surface area contributed by atoms with Crippen LogP contribution in [0, 0.1) is 5.82 Å². The Morgan fingerprint density at radius 2 is 1.50 bits per heavy atom. The Bertz CT molecular complexity index is 1660. The van der Waals surface area contributed by atoms with Crippen LogP contribution in [-0.2, 0) is 32.6 Å². The molecule has 0 aliphatic carbocycles. The number of carbonyl (C=O) groups is 2. The summed E-state index contributed by atoms with van der Waals surface area (Å²) in [4.78, 5) is 28.6. The third-order valence-electron chi connectivity index (χ3n) is 6.60. The van der Waals surface area contributed by atoms with E-state index in [0.29, 0.717) is 0 Å². The highest BCUT2D eigenvalue weighted by molar-refractivity contribution is 7.92. The van der Waals surface area contributed by atoms with Crippen LogP contribution in [0.25, 0.3) is 0 Å². The first-order chi connectivity index (χ1) is 20.1. The predicted octanol–water partition coefficient (Wildman–Crippen LogP) is 5.71. The van der Waals surface area contributed by atoms with Crippen LogP contribution in [0.3, 0.4) is 0 Å². The number of benzene rings is 4. The van der Waals surface area contributed by atoms with Gasteiger partial charge in [0.1, 0.15) is 18.4 Å². The molecule has 7 nitrogen and oxygen atoms in total. The lowest BCUT2D eigenvalue weighted by atomic mass is 10.0. The fraction of sp³-hybridized carbons (Fsp3) is 0.161. The predicted molar refractivity (Wildman–Crippen MR) is 162 cm³/mol. The first kappa shape index (κ1) is 31.0. The van der Waals surface area contributed by atoms with Gasteiger partial charge in [-0.05, 0) is 42.0 Å². The standard InChI is InChI=1S/C31H28Cl2FN3O4S/c1-35-31(39)29(18-22-10-4-2-5-11-22)36(20-23-12-8-9-15-27(23)34)30(38)21-37(28-17-16-24(32)19-26(28)33)42(40,41)25-13-6-3-7-14-25/h2-17,19,29H,18,20-21H2,1H3,(H,35,39)/t29-/m0/s1. The maximum absolute atomic E-state index is 14.8. The number of nitrogens with one attached hydrogen (secondary N) is 1. The van der Waals surface area contributed by atoms with Crippen LogP contribution in [0.5, 0.6) is 0 Å². The zero-order valence-electron chi connectivity index (χ0n) is 22.6. The summed E-state index contributed by atoms with van der Waals surface area (Å²) in [7, 11) is -2.89. The van der Waals surface area contributed by atoms with Crippen LogP contribution in [0.15, 0.2) is 108 Å². The van der Waals surface area contributed by atoms with E-state index in [0.717, 1.165) is 9.87 Å². The van der Waals surface area contributed by atoms with Gasteiger partial charge in [-0.3, -0.25) is 13.9 Å². The van der Waals surface area contributed by atoms with Crippen molar-refractivity contribution in [1.29, 1.82) is 0 Å². The Hall–Kier alpha value is -3.92. The van der Waals surface area contributed by atoms with Crippen molar-refractivity contribution in [1.82, 2.24) is 10.2 Å². The van der Waals surface area contributed by atoms with Gasteiger partial charge >= 0.3 is 0 Å². The van der Waals surface area contributed by atoms with E-state index in [1.807, 2.05) is 6.07 Å². The number of rotatable bonds is 11. The maximum Gasteiger partial charge on any atom is 0.264 e. The molecule has 1 atom stereocenters. The number of hydrogen-bond acceptors (Lipinski definition) is 4. The average Bonchev–Trinajstić information content (AvgIpc) is 2.99. The van der Waals surface area contributed by atoms with Crippen molar-refractivity contribution in [2.45, 2.75) is 23.9 Å². The molecule has 0 fully saturated rings. The summed E-state index contributed by atoms with van der Waals surface area (Å²) >= 11 is 12.5. The minimum Gasteiger partial charge on any atom is -0.357 e. The van der Waals surface area contributed by atoms with E-state index in [-0.39, 0.29) is 39.2 Å². The fourth-order valence-electron chi connectivity index (χ4n) is 4.45. The van der Waals surface area contributed by atoms with Gasteiger partial charge in [0.05, 0.1) is 15.6 Å². The molecule has 42 heavy (non-hydrogen) atoms. The van der Waals surface area contributed by atoms with Gasteiger partial charge in [0.15, 0.2) is 0 Å². The van der Waals surface area contributed by atoms with Crippen molar-refractivity contribution in [2.75, 3.05) is 17.9 Å². The zero-order chi connectivity index (χ0) is 30.3. The molecule has 0 aromatic heterocycles. The number of likely N-dealkylation sites (N-methyl/N-ethyl adjacent to an activating group) is 1. The van der Waals surface area contributed by atoms with Gasteiger partial charge in [-0.2, -0.15) is 0 Å². The average molecular weight is 629 g/mol. The van der Waals surface area contributed by atoms with E-state index < -0.39 is 40.2 Å². The molecule has 4 rings (SSSR count). The molecule has 2 amide bonds. The first-order valence-corrected chi connectivity index (χ1v) is 15.1. The Labute approximate surface area is 254 Å². The summed E-state index contributed by atoms with van der Waals surface area (Å²) in [6, 6.07) is 25.7. The lowest BCUT2D eigenvalue weighted by Crippen LogP contribution is -2.53. The SMILES string of the molecule is CNC(=O)[C@H](Cc1ccccc1)N(Cc1ccccc1F)C(=O)CN(c1ccc(Cl)cc1Cl)S(=O)(=O)c1ccccc1. The fourth-order valence-corrected chi connectivity index (χ4v) is 6.46. The minimum atomic E-state index is -4.33. The van der Waals surface area contributed by atoms with Crippen LogP contribution >= 0.6 is 23.2 Å². The lowest BCUT2D eigenvalue weighted by molar-refractivity contribution is -0.139. The molecule has 0 saturated heterocycles. The molecule has 218 valence electrons. The van der Waals surface area contributed by atoms with Gasteiger partial charge < -0.3 is 10.2 Å². The second-order valence-electron chi connectivity index (χ2n) is 9.35. The number of halogens is 3. The molecular formula is C31H28Cl2FN3O4S. The van der Waals surface area contributed by atoms with E-state index in [9.17, 15) is 22.4 Å². The van der Waals surface area contributed by atoms with Crippen molar-refractivity contribution < 1.29 is 22.4 Å². The van der Waals surface area contributed by atoms with Gasteiger partial charge in [-0.1, -0.05) is 89.9 Å². The number of sulfonamides is 1. The highest BCUT2D eigenvalue weighted by atomic mass is 35.5. The summed E-state index contributed by atoms with van der Waals surface area (Å²) in [6.45, 7) is -1.01. The van der Waals surface area contributed by atoms with Gasteiger partial charge in [0, 0.05) is 30.6 Å². The number of anilines is 1. The summed E-state index contributed by atoms with van der Waals surface area (Å²) in [5, 5.41) is 2.86. The second-order valence-corrected chi connectivity index (χ2v) is 12.1. The Morgan fingerprint density at radius 3 is 2.12 bits per heavy atom. The van der Waals surface area contributed by atoms with Crippen molar-refractivity contribution in [3.63, 3.8) is 0 Å². The maximum atomic E-state index is 14.8. The topological polar surface area (TPSA) is 86.8 Å². The summed E-state index contributed by atoms with van der Waals surface area (Å²) in [6.07, 6.45) is 0.105. The monoisotopic (exact) mass is 627 g/mol. The zero-order valence-corrected chi connectivity index (χ0v) is 24.9. The van der Waals surface area contributed by atoms with Gasteiger partial charge in [0.2, 0.25) is 11.8 Å². The Kier molecular flexibility index (Phi) is 10.2. The third kappa shape index (κ3) is 7.28. The molecule has 0 bridgehead atoms. The van der Waals surface area contributed by atoms with Crippen molar-refractivity contribution in [3.8, 4) is 0 Å². The largest absolute Gasteiger partial charge is 0.357 e. The molecule has 0 heterocycles. The molecule has 0 spiro atoms.